The Labute approximate surface area is 126 Å². The lowest BCUT2D eigenvalue weighted by Gasteiger charge is -2.13. The number of aryl methyl sites for hydroxylation is 3. The molecule has 0 aliphatic rings. The third kappa shape index (κ3) is 3.90. The Morgan fingerprint density at radius 1 is 1.33 bits per heavy atom. The first-order valence-corrected chi connectivity index (χ1v) is 7.38. The number of anilines is 2. The molecule has 0 atom stereocenters. The fourth-order valence-corrected chi connectivity index (χ4v) is 2.33. The van der Waals surface area contributed by atoms with Gasteiger partial charge in [0, 0.05) is 18.8 Å². The number of para-hydroxylation sites is 1. The summed E-state index contributed by atoms with van der Waals surface area (Å²) in [4.78, 5) is 0. The molecule has 0 unspecified atom stereocenters. The Balaban J connectivity index is 1.86. The van der Waals surface area contributed by atoms with Crippen LogP contribution in [0, 0.1) is 13.8 Å². The van der Waals surface area contributed by atoms with Crippen molar-refractivity contribution >= 4 is 11.4 Å². The van der Waals surface area contributed by atoms with Gasteiger partial charge in [0.05, 0.1) is 23.7 Å². The summed E-state index contributed by atoms with van der Waals surface area (Å²) in [6.07, 6.45) is 0.986. The van der Waals surface area contributed by atoms with E-state index in [1.165, 1.54) is 5.69 Å². The summed E-state index contributed by atoms with van der Waals surface area (Å²) < 4.78 is 7.53. The maximum Gasteiger partial charge on any atom is 0.144 e. The van der Waals surface area contributed by atoms with E-state index in [1.807, 2.05) is 36.7 Å². The smallest absolute Gasteiger partial charge is 0.144 e. The minimum absolute atomic E-state index is 0.617. The van der Waals surface area contributed by atoms with Gasteiger partial charge in [-0.25, -0.2) is 0 Å². The van der Waals surface area contributed by atoms with Crippen LogP contribution >= 0.6 is 0 Å². The SMILES string of the molecule is CCOc1cccc(NCCCn2nc(C)cc2C)c1N. The molecule has 2 aromatic rings. The average molecular weight is 288 g/mol. The summed E-state index contributed by atoms with van der Waals surface area (Å²) in [7, 11) is 0. The zero-order valence-electron chi connectivity index (χ0n) is 13.0. The topological polar surface area (TPSA) is 65.1 Å². The number of nitrogens with two attached hydrogens (primary N) is 1. The van der Waals surface area contributed by atoms with Crippen LogP contribution in [0.15, 0.2) is 24.3 Å². The number of nitrogen functional groups attached to an aromatic ring is 1. The fraction of sp³-hybridized carbons (Fsp3) is 0.438. The van der Waals surface area contributed by atoms with Crippen molar-refractivity contribution in [2.24, 2.45) is 0 Å². The number of rotatable bonds is 7. The Morgan fingerprint density at radius 2 is 2.14 bits per heavy atom. The van der Waals surface area contributed by atoms with Gasteiger partial charge in [-0.1, -0.05) is 6.07 Å². The van der Waals surface area contributed by atoms with Gasteiger partial charge >= 0.3 is 0 Å². The third-order valence-electron chi connectivity index (χ3n) is 3.33. The second-order valence-corrected chi connectivity index (χ2v) is 5.08. The maximum absolute atomic E-state index is 6.09. The van der Waals surface area contributed by atoms with Gasteiger partial charge in [0.1, 0.15) is 5.75 Å². The molecule has 3 N–H and O–H groups in total. The fourth-order valence-electron chi connectivity index (χ4n) is 2.33. The molecular formula is C16H24N4O. The molecule has 0 saturated carbocycles. The molecule has 1 aromatic heterocycles. The molecule has 0 aliphatic carbocycles. The summed E-state index contributed by atoms with van der Waals surface area (Å²) in [6, 6.07) is 7.91. The highest BCUT2D eigenvalue weighted by molar-refractivity contribution is 5.72. The van der Waals surface area contributed by atoms with Crippen molar-refractivity contribution < 1.29 is 4.74 Å². The average Bonchev–Trinajstić information content (AvgIpc) is 2.77. The summed E-state index contributed by atoms with van der Waals surface area (Å²) in [5.74, 6) is 0.737. The molecular weight excluding hydrogens is 264 g/mol. The van der Waals surface area contributed by atoms with E-state index in [4.69, 9.17) is 10.5 Å². The first kappa shape index (κ1) is 15.2. The number of benzene rings is 1. The minimum atomic E-state index is 0.617. The van der Waals surface area contributed by atoms with Crippen LogP contribution in [0.3, 0.4) is 0 Å². The van der Waals surface area contributed by atoms with Crippen LogP contribution in [0.4, 0.5) is 11.4 Å². The van der Waals surface area contributed by atoms with Crippen LogP contribution < -0.4 is 15.8 Å². The summed E-state index contributed by atoms with van der Waals surface area (Å²) in [5.41, 5.74) is 9.95. The zero-order valence-corrected chi connectivity index (χ0v) is 13.0. The predicted molar refractivity (Wildman–Crippen MR) is 86.8 cm³/mol. The molecule has 0 radical (unpaired) electrons. The van der Waals surface area contributed by atoms with E-state index in [9.17, 15) is 0 Å². The highest BCUT2D eigenvalue weighted by atomic mass is 16.5. The quantitative estimate of drug-likeness (QED) is 0.607. The van der Waals surface area contributed by atoms with Gasteiger partial charge in [-0.15, -0.1) is 0 Å². The number of nitrogens with one attached hydrogen (secondary N) is 1. The van der Waals surface area contributed by atoms with Crippen LogP contribution in [0.5, 0.6) is 5.75 Å². The van der Waals surface area contributed by atoms with Crippen molar-refractivity contribution in [1.29, 1.82) is 0 Å². The number of aromatic nitrogens is 2. The molecule has 5 heteroatoms. The standard InChI is InChI=1S/C16H24N4O/c1-4-21-15-8-5-7-14(16(15)17)18-9-6-10-20-13(3)11-12(2)19-20/h5,7-8,11,18H,4,6,9-10,17H2,1-3H3. The van der Waals surface area contributed by atoms with Gasteiger partial charge in [0.25, 0.3) is 0 Å². The van der Waals surface area contributed by atoms with Crippen LogP contribution in [0.25, 0.3) is 0 Å². The number of nitrogens with zero attached hydrogens (tertiary/aromatic N) is 2. The first-order chi connectivity index (χ1) is 10.1. The molecule has 5 nitrogen and oxygen atoms in total. The second kappa shape index (κ2) is 7.02. The van der Waals surface area contributed by atoms with E-state index >= 15 is 0 Å². The molecule has 0 bridgehead atoms. The van der Waals surface area contributed by atoms with Crippen molar-refractivity contribution in [3.05, 3.63) is 35.7 Å². The largest absolute Gasteiger partial charge is 0.492 e. The van der Waals surface area contributed by atoms with Gasteiger partial charge in [0.15, 0.2) is 0 Å². The first-order valence-electron chi connectivity index (χ1n) is 7.38. The summed E-state index contributed by atoms with van der Waals surface area (Å²) in [6.45, 7) is 8.41. The van der Waals surface area contributed by atoms with E-state index in [2.05, 4.69) is 23.4 Å². The van der Waals surface area contributed by atoms with Gasteiger partial charge in [0.2, 0.25) is 0 Å². The molecule has 0 amide bonds. The lowest BCUT2D eigenvalue weighted by molar-refractivity contribution is 0.342. The monoisotopic (exact) mass is 288 g/mol. The predicted octanol–water partition coefficient (Wildman–Crippen LogP) is 2.98. The molecule has 21 heavy (non-hydrogen) atoms. The lowest BCUT2D eigenvalue weighted by atomic mass is 10.2. The molecule has 1 aromatic carbocycles. The normalized spacial score (nSPS) is 10.6. The zero-order chi connectivity index (χ0) is 15.2. The van der Waals surface area contributed by atoms with Crippen molar-refractivity contribution in [3.63, 3.8) is 0 Å². The van der Waals surface area contributed by atoms with Crippen LogP contribution in [-0.2, 0) is 6.54 Å². The third-order valence-corrected chi connectivity index (χ3v) is 3.33. The Kier molecular flexibility index (Phi) is 5.09. The molecule has 0 aliphatic heterocycles. The van der Waals surface area contributed by atoms with Gasteiger partial charge in [-0.3, -0.25) is 4.68 Å². The van der Waals surface area contributed by atoms with E-state index in [1.54, 1.807) is 0 Å². The van der Waals surface area contributed by atoms with E-state index < -0.39 is 0 Å². The Morgan fingerprint density at radius 3 is 2.81 bits per heavy atom. The molecule has 114 valence electrons. The molecule has 0 spiro atoms. The summed E-state index contributed by atoms with van der Waals surface area (Å²) >= 11 is 0. The highest BCUT2D eigenvalue weighted by Gasteiger charge is 2.05. The van der Waals surface area contributed by atoms with Gasteiger partial charge < -0.3 is 15.8 Å². The summed E-state index contributed by atoms with van der Waals surface area (Å²) in [5, 5.41) is 7.82. The van der Waals surface area contributed by atoms with Crippen molar-refractivity contribution in [2.75, 3.05) is 24.2 Å². The van der Waals surface area contributed by atoms with E-state index in [0.717, 1.165) is 36.6 Å². The maximum atomic E-state index is 6.09. The van der Waals surface area contributed by atoms with Crippen LogP contribution in [-0.4, -0.2) is 22.9 Å². The lowest BCUT2D eigenvalue weighted by Crippen LogP contribution is -2.10. The van der Waals surface area contributed by atoms with Crippen LogP contribution in [0.1, 0.15) is 24.7 Å². The van der Waals surface area contributed by atoms with E-state index in [0.29, 0.717) is 12.3 Å². The second-order valence-electron chi connectivity index (χ2n) is 5.08. The number of hydrogen-bond donors (Lipinski definition) is 2. The van der Waals surface area contributed by atoms with Gasteiger partial charge in [-0.05, 0) is 45.4 Å². The molecule has 1 heterocycles. The number of hydrogen-bond acceptors (Lipinski definition) is 4. The Hall–Kier alpha value is -2.17. The van der Waals surface area contributed by atoms with Crippen molar-refractivity contribution in [1.82, 2.24) is 9.78 Å². The molecule has 0 fully saturated rings. The minimum Gasteiger partial charge on any atom is -0.492 e. The van der Waals surface area contributed by atoms with E-state index in [-0.39, 0.29) is 0 Å². The molecule has 0 saturated heterocycles. The van der Waals surface area contributed by atoms with Crippen molar-refractivity contribution in [3.8, 4) is 5.75 Å². The molecule has 2 rings (SSSR count). The highest BCUT2D eigenvalue weighted by Crippen LogP contribution is 2.29. The van der Waals surface area contributed by atoms with Crippen molar-refractivity contribution in [2.45, 2.75) is 33.7 Å². The Bertz CT molecular complexity index is 592. The number of ether oxygens (including phenoxy) is 1. The van der Waals surface area contributed by atoms with Crippen LogP contribution in [0.2, 0.25) is 0 Å². The van der Waals surface area contributed by atoms with Gasteiger partial charge in [-0.2, -0.15) is 5.10 Å².